The van der Waals surface area contributed by atoms with Gasteiger partial charge in [-0.3, -0.25) is 9.00 Å². The normalized spacial score (nSPS) is 11.8. The second-order valence-corrected chi connectivity index (χ2v) is 8.36. The average molecular weight is 494 g/mol. The summed E-state index contributed by atoms with van der Waals surface area (Å²) in [7, 11) is 0. The van der Waals surface area contributed by atoms with Gasteiger partial charge in [0.2, 0.25) is 0 Å². The number of amides is 1. The van der Waals surface area contributed by atoms with Crippen molar-refractivity contribution >= 4 is 28.4 Å². The predicted molar refractivity (Wildman–Crippen MR) is 133 cm³/mol. The van der Waals surface area contributed by atoms with Gasteiger partial charge in [0.15, 0.2) is 0 Å². The molecule has 4 aromatic carbocycles. The fraction of sp³-hybridized carbons (Fsp3) is 0.0741. The molecular formula is C27H23F2N2O3S-. The van der Waals surface area contributed by atoms with E-state index in [1.165, 1.54) is 22.5 Å². The summed E-state index contributed by atoms with van der Waals surface area (Å²) >= 11 is -3.76. The SMILES string of the molecule is NC(=O)C(F)(F)S(=O)[O-].c1ccc(C(c2ccccc2)N(c2ccccc2)c2ccccc2)cc1. The zero-order valence-electron chi connectivity index (χ0n) is 18.5. The molecule has 1 unspecified atom stereocenters. The van der Waals surface area contributed by atoms with E-state index in [4.69, 9.17) is 0 Å². The van der Waals surface area contributed by atoms with Gasteiger partial charge in [-0.25, -0.2) is 0 Å². The third-order valence-corrected chi connectivity index (χ3v) is 5.67. The molecule has 4 rings (SSSR count). The van der Waals surface area contributed by atoms with E-state index in [9.17, 15) is 22.3 Å². The zero-order chi connectivity index (χ0) is 25.3. The lowest BCUT2D eigenvalue weighted by Gasteiger charge is -2.34. The van der Waals surface area contributed by atoms with Crippen molar-refractivity contribution < 1.29 is 22.3 Å². The first kappa shape index (κ1) is 25.7. The molecule has 35 heavy (non-hydrogen) atoms. The number of benzene rings is 4. The Morgan fingerprint density at radius 1 is 0.714 bits per heavy atom. The number of carbonyl (C=O) groups is 1. The molecule has 0 spiro atoms. The van der Waals surface area contributed by atoms with E-state index in [0.717, 1.165) is 0 Å². The van der Waals surface area contributed by atoms with Crippen molar-refractivity contribution in [3.63, 3.8) is 0 Å². The van der Waals surface area contributed by atoms with Crippen LogP contribution in [-0.2, 0) is 15.9 Å². The second-order valence-electron chi connectivity index (χ2n) is 7.38. The number of nitrogens with zero attached hydrogens (tertiary/aromatic N) is 1. The number of hydrogen-bond donors (Lipinski definition) is 1. The van der Waals surface area contributed by atoms with Gasteiger partial charge >= 0.3 is 5.25 Å². The van der Waals surface area contributed by atoms with Gasteiger partial charge in [0.1, 0.15) is 0 Å². The van der Waals surface area contributed by atoms with Gasteiger partial charge < -0.3 is 15.2 Å². The van der Waals surface area contributed by atoms with Crippen LogP contribution in [0.2, 0.25) is 0 Å². The summed E-state index contributed by atoms with van der Waals surface area (Å²) in [5.41, 5.74) is 8.88. The molecule has 1 amide bonds. The van der Waals surface area contributed by atoms with Gasteiger partial charge in [0, 0.05) is 22.5 Å². The highest BCUT2D eigenvalue weighted by Crippen LogP contribution is 2.38. The van der Waals surface area contributed by atoms with Crippen LogP contribution in [0, 0.1) is 0 Å². The molecule has 0 aromatic heterocycles. The van der Waals surface area contributed by atoms with Gasteiger partial charge in [-0.05, 0) is 35.4 Å². The quantitative estimate of drug-likeness (QED) is 0.342. The third kappa shape index (κ3) is 6.59. The molecule has 2 N–H and O–H groups in total. The molecule has 0 heterocycles. The molecule has 8 heteroatoms. The van der Waals surface area contributed by atoms with Crippen LogP contribution in [0.25, 0.3) is 0 Å². The fourth-order valence-electron chi connectivity index (χ4n) is 3.47. The molecule has 0 saturated heterocycles. The van der Waals surface area contributed by atoms with Crippen LogP contribution in [0.1, 0.15) is 17.2 Å². The first-order chi connectivity index (χ1) is 16.8. The number of hydrogen-bond acceptors (Lipinski definition) is 4. The maximum absolute atomic E-state index is 11.6. The Balaban J connectivity index is 0.000000327. The summed E-state index contributed by atoms with van der Waals surface area (Å²) in [5.74, 6) is -2.17. The van der Waals surface area contributed by atoms with E-state index < -0.39 is 22.2 Å². The van der Waals surface area contributed by atoms with E-state index in [1.807, 2.05) is 0 Å². The van der Waals surface area contributed by atoms with Crippen molar-refractivity contribution in [1.82, 2.24) is 0 Å². The monoisotopic (exact) mass is 493 g/mol. The third-order valence-electron chi connectivity index (χ3n) is 5.05. The van der Waals surface area contributed by atoms with Crippen LogP contribution in [0.5, 0.6) is 0 Å². The first-order valence-electron chi connectivity index (χ1n) is 10.6. The van der Waals surface area contributed by atoms with Crippen LogP contribution >= 0.6 is 0 Å². The molecule has 0 aliphatic rings. The zero-order valence-corrected chi connectivity index (χ0v) is 19.4. The summed E-state index contributed by atoms with van der Waals surface area (Å²) < 4.78 is 42.0. The van der Waals surface area contributed by atoms with Crippen LogP contribution in [0.3, 0.4) is 0 Å². The summed E-state index contributed by atoms with van der Waals surface area (Å²) in [5, 5.41) is -4.44. The lowest BCUT2D eigenvalue weighted by Crippen LogP contribution is -2.39. The minimum atomic E-state index is -4.44. The Bertz CT molecular complexity index is 1050. The summed E-state index contributed by atoms with van der Waals surface area (Å²) in [6.07, 6.45) is 0. The molecule has 180 valence electrons. The largest absolute Gasteiger partial charge is 0.768 e. The predicted octanol–water partition coefficient (Wildman–Crippen LogP) is 5.56. The topological polar surface area (TPSA) is 86.5 Å². The molecule has 0 bridgehead atoms. The highest BCUT2D eigenvalue weighted by atomic mass is 32.2. The highest BCUT2D eigenvalue weighted by Gasteiger charge is 2.38. The van der Waals surface area contributed by atoms with Crippen molar-refractivity contribution in [2.24, 2.45) is 5.73 Å². The molecular weight excluding hydrogens is 470 g/mol. The maximum atomic E-state index is 11.6. The van der Waals surface area contributed by atoms with Crippen molar-refractivity contribution in [2.45, 2.75) is 11.3 Å². The molecule has 0 aliphatic heterocycles. The lowest BCUT2D eigenvalue weighted by molar-refractivity contribution is -0.132. The maximum Gasteiger partial charge on any atom is 0.385 e. The van der Waals surface area contributed by atoms with Crippen LogP contribution in [-0.4, -0.2) is 19.9 Å². The van der Waals surface area contributed by atoms with E-state index >= 15 is 0 Å². The molecule has 0 fully saturated rings. The average Bonchev–Trinajstić information content (AvgIpc) is 2.89. The molecule has 0 aliphatic carbocycles. The van der Waals surface area contributed by atoms with Crippen molar-refractivity contribution in [3.8, 4) is 0 Å². The van der Waals surface area contributed by atoms with Crippen LogP contribution in [0.4, 0.5) is 20.2 Å². The first-order valence-corrected chi connectivity index (χ1v) is 11.7. The van der Waals surface area contributed by atoms with Gasteiger partial charge in [-0.2, -0.15) is 8.78 Å². The number of halogens is 2. The number of nitrogens with two attached hydrogens (primary N) is 1. The Morgan fingerprint density at radius 3 is 1.29 bits per heavy atom. The minimum absolute atomic E-state index is 0.0993. The smallest absolute Gasteiger partial charge is 0.385 e. The van der Waals surface area contributed by atoms with Gasteiger partial charge in [-0.15, -0.1) is 0 Å². The van der Waals surface area contributed by atoms with E-state index in [1.54, 1.807) is 0 Å². The molecule has 0 radical (unpaired) electrons. The van der Waals surface area contributed by atoms with E-state index in [2.05, 4.69) is 132 Å². The van der Waals surface area contributed by atoms with Gasteiger partial charge in [0.25, 0.3) is 5.91 Å². The Hall–Kier alpha value is -3.88. The summed E-state index contributed by atoms with van der Waals surface area (Å²) in [6, 6.07) is 42.7. The van der Waals surface area contributed by atoms with Crippen LogP contribution < -0.4 is 10.6 Å². The molecule has 1 atom stereocenters. The molecule has 0 saturated carbocycles. The number of carbonyl (C=O) groups excluding carboxylic acids is 1. The van der Waals surface area contributed by atoms with Crippen LogP contribution in [0.15, 0.2) is 121 Å². The molecule has 4 aromatic rings. The van der Waals surface area contributed by atoms with Gasteiger partial charge in [-0.1, -0.05) is 97.1 Å². The van der Waals surface area contributed by atoms with E-state index in [0.29, 0.717) is 0 Å². The fourth-order valence-corrected chi connectivity index (χ4v) is 3.63. The van der Waals surface area contributed by atoms with Gasteiger partial charge in [0.05, 0.1) is 6.04 Å². The van der Waals surface area contributed by atoms with Crippen molar-refractivity contribution in [1.29, 1.82) is 0 Å². The Morgan fingerprint density at radius 2 is 1.03 bits per heavy atom. The lowest BCUT2D eigenvalue weighted by atomic mass is 9.95. The number of primary amides is 1. The minimum Gasteiger partial charge on any atom is -0.768 e. The number of rotatable bonds is 7. The Labute approximate surface area is 205 Å². The standard InChI is InChI=1S/C25H21N.C2H3F2NO3S/c1-5-13-21(14-6-1)25(22-15-7-2-8-16-22)26(23-17-9-3-10-18-23)24-19-11-4-12-20-24;3-2(4,1(5)6)9(7)8/h1-20,25H;(H2,5,6)(H,7,8)/p-1. The number of para-hydroxylation sites is 2. The van der Waals surface area contributed by atoms with Crippen molar-refractivity contribution in [2.75, 3.05) is 4.90 Å². The highest BCUT2D eigenvalue weighted by molar-refractivity contribution is 7.81. The second kappa shape index (κ2) is 12.0. The Kier molecular flexibility index (Phi) is 8.83. The number of alkyl halides is 2. The summed E-state index contributed by atoms with van der Waals surface area (Å²) in [4.78, 5) is 11.9. The molecule has 5 nitrogen and oxygen atoms in total. The van der Waals surface area contributed by atoms with Crippen molar-refractivity contribution in [3.05, 3.63) is 132 Å². The number of anilines is 2. The summed E-state index contributed by atoms with van der Waals surface area (Å²) in [6.45, 7) is 0. The van der Waals surface area contributed by atoms with E-state index in [-0.39, 0.29) is 6.04 Å².